The molecule has 4 nitrogen and oxygen atoms in total. The van der Waals surface area contributed by atoms with Crippen molar-refractivity contribution in [3.63, 3.8) is 0 Å². The number of ether oxygens (including phenoxy) is 3. The molecule has 0 amide bonds. The molecule has 1 saturated heterocycles. The van der Waals surface area contributed by atoms with E-state index >= 15 is 0 Å². The molecular weight excluding hydrogens is 254 g/mol. The molecule has 3 rings (SSSR count). The van der Waals surface area contributed by atoms with E-state index in [1.807, 2.05) is 12.1 Å². The molecule has 1 atom stereocenters. The van der Waals surface area contributed by atoms with E-state index in [-0.39, 0.29) is 0 Å². The Morgan fingerprint density at radius 2 is 1.89 bits per heavy atom. The predicted molar refractivity (Wildman–Crippen MR) is 69.9 cm³/mol. The summed E-state index contributed by atoms with van der Waals surface area (Å²) in [4.78, 5) is 0. The second-order valence-electron chi connectivity index (χ2n) is 4.53. The number of fused-ring (bicyclic) bond motifs is 1. The Balaban J connectivity index is 1.78. The van der Waals surface area contributed by atoms with Gasteiger partial charge in [-0.1, -0.05) is 11.6 Å². The Morgan fingerprint density at radius 3 is 2.61 bits per heavy atom. The molecule has 5 heteroatoms. The quantitative estimate of drug-likeness (QED) is 0.896. The van der Waals surface area contributed by atoms with Crippen molar-refractivity contribution in [2.45, 2.75) is 18.9 Å². The van der Waals surface area contributed by atoms with Gasteiger partial charge >= 0.3 is 0 Å². The topological polar surface area (TPSA) is 39.7 Å². The zero-order valence-corrected chi connectivity index (χ0v) is 10.8. The van der Waals surface area contributed by atoms with E-state index in [1.165, 1.54) is 0 Å². The van der Waals surface area contributed by atoms with Crippen molar-refractivity contribution in [2.75, 3.05) is 31.7 Å². The third kappa shape index (κ3) is 2.49. The van der Waals surface area contributed by atoms with E-state index in [9.17, 15) is 0 Å². The second-order valence-corrected chi connectivity index (χ2v) is 4.94. The first-order valence-electron chi connectivity index (χ1n) is 6.26. The fraction of sp³-hybridized carbons (Fsp3) is 0.538. The molecule has 18 heavy (non-hydrogen) atoms. The van der Waals surface area contributed by atoms with Crippen LogP contribution in [0.1, 0.15) is 12.8 Å². The number of hydrogen-bond donors (Lipinski definition) is 1. The van der Waals surface area contributed by atoms with Crippen LogP contribution < -0.4 is 14.8 Å². The van der Waals surface area contributed by atoms with E-state index in [2.05, 4.69) is 5.32 Å². The number of hydrogen-bond acceptors (Lipinski definition) is 4. The summed E-state index contributed by atoms with van der Waals surface area (Å²) in [5.41, 5.74) is 0.886. The number of nitrogens with one attached hydrogen (secondary N) is 1. The monoisotopic (exact) mass is 269 g/mol. The second kappa shape index (κ2) is 5.24. The molecule has 1 N–H and O–H groups in total. The summed E-state index contributed by atoms with van der Waals surface area (Å²) in [6.45, 7) is 2.74. The zero-order chi connectivity index (χ0) is 12.4. The smallest absolute Gasteiger partial charge is 0.163 e. The van der Waals surface area contributed by atoms with Gasteiger partial charge in [-0.15, -0.1) is 0 Å². The summed E-state index contributed by atoms with van der Waals surface area (Å²) < 4.78 is 16.5. The van der Waals surface area contributed by atoms with E-state index in [0.29, 0.717) is 24.3 Å². The minimum absolute atomic E-state index is 0.318. The molecule has 1 aromatic rings. The fourth-order valence-corrected chi connectivity index (χ4v) is 2.46. The van der Waals surface area contributed by atoms with Crippen molar-refractivity contribution in [1.29, 1.82) is 0 Å². The average Bonchev–Trinajstić information content (AvgIpc) is 2.41. The molecule has 2 aliphatic heterocycles. The highest BCUT2D eigenvalue weighted by Crippen LogP contribution is 2.38. The molecule has 2 heterocycles. The summed E-state index contributed by atoms with van der Waals surface area (Å²) in [6, 6.07) is 4.03. The maximum absolute atomic E-state index is 6.24. The normalized spacial score (nSPS) is 22.6. The van der Waals surface area contributed by atoms with E-state index in [0.717, 1.165) is 43.2 Å². The van der Waals surface area contributed by atoms with Crippen LogP contribution in [-0.2, 0) is 4.74 Å². The van der Waals surface area contributed by atoms with Crippen LogP contribution in [0, 0.1) is 0 Å². The largest absolute Gasteiger partial charge is 0.486 e. The fourth-order valence-electron chi connectivity index (χ4n) is 2.25. The van der Waals surface area contributed by atoms with Crippen molar-refractivity contribution in [1.82, 2.24) is 0 Å². The number of benzene rings is 1. The van der Waals surface area contributed by atoms with Crippen molar-refractivity contribution in [3.8, 4) is 11.5 Å². The molecule has 0 saturated carbocycles. The number of rotatable bonds is 2. The van der Waals surface area contributed by atoms with Gasteiger partial charge in [-0.3, -0.25) is 0 Å². The van der Waals surface area contributed by atoms with Gasteiger partial charge in [0.1, 0.15) is 13.2 Å². The maximum Gasteiger partial charge on any atom is 0.163 e. The first kappa shape index (κ1) is 11.9. The summed E-state index contributed by atoms with van der Waals surface area (Å²) in [6.07, 6.45) is 2.19. The van der Waals surface area contributed by atoms with Crippen LogP contribution in [0.2, 0.25) is 5.02 Å². The first-order valence-corrected chi connectivity index (χ1v) is 6.64. The lowest BCUT2D eigenvalue weighted by molar-refractivity contribution is 0.0876. The average molecular weight is 270 g/mol. The molecule has 0 bridgehead atoms. The van der Waals surface area contributed by atoms with Gasteiger partial charge in [-0.2, -0.15) is 0 Å². The van der Waals surface area contributed by atoms with Crippen LogP contribution in [-0.4, -0.2) is 32.5 Å². The molecule has 0 aliphatic carbocycles. The number of anilines is 1. The molecule has 0 spiro atoms. The van der Waals surface area contributed by atoms with Crippen molar-refractivity contribution >= 4 is 17.3 Å². The van der Waals surface area contributed by atoms with Crippen molar-refractivity contribution in [3.05, 3.63) is 17.2 Å². The SMILES string of the molecule is Clc1cc2c(cc1NC1CCCOC1)OCCO2. The lowest BCUT2D eigenvalue weighted by Gasteiger charge is -2.26. The Morgan fingerprint density at radius 1 is 1.11 bits per heavy atom. The standard InChI is InChI=1S/C13H16ClNO3/c14-10-6-12-13(18-5-4-17-12)7-11(10)15-9-2-1-3-16-8-9/h6-7,9,15H,1-5,8H2. The molecule has 1 unspecified atom stereocenters. The first-order chi connectivity index (χ1) is 8.83. The highest BCUT2D eigenvalue weighted by atomic mass is 35.5. The van der Waals surface area contributed by atoms with Crippen LogP contribution in [0.4, 0.5) is 5.69 Å². The van der Waals surface area contributed by atoms with Crippen LogP contribution in [0.15, 0.2) is 12.1 Å². The summed E-state index contributed by atoms with van der Waals surface area (Å²) >= 11 is 6.24. The van der Waals surface area contributed by atoms with Gasteiger partial charge in [0.05, 0.1) is 17.3 Å². The van der Waals surface area contributed by atoms with Crippen LogP contribution >= 0.6 is 11.6 Å². The van der Waals surface area contributed by atoms with Gasteiger partial charge in [0, 0.05) is 24.8 Å². The van der Waals surface area contributed by atoms with Crippen molar-refractivity contribution < 1.29 is 14.2 Å². The Kier molecular flexibility index (Phi) is 3.48. The minimum Gasteiger partial charge on any atom is -0.486 e. The molecule has 0 radical (unpaired) electrons. The molecule has 0 aromatic heterocycles. The minimum atomic E-state index is 0.318. The summed E-state index contributed by atoms with van der Waals surface area (Å²) in [7, 11) is 0. The Labute approximate surface area is 111 Å². The summed E-state index contributed by atoms with van der Waals surface area (Å²) in [5, 5.41) is 4.06. The third-order valence-corrected chi connectivity index (χ3v) is 3.46. The molecule has 1 fully saturated rings. The maximum atomic E-state index is 6.24. The molecular formula is C13H16ClNO3. The van der Waals surface area contributed by atoms with Gasteiger partial charge in [-0.05, 0) is 12.8 Å². The van der Waals surface area contributed by atoms with E-state index in [4.69, 9.17) is 25.8 Å². The van der Waals surface area contributed by atoms with Crippen LogP contribution in [0.5, 0.6) is 11.5 Å². The lowest BCUT2D eigenvalue weighted by Crippen LogP contribution is -2.30. The molecule has 98 valence electrons. The van der Waals surface area contributed by atoms with Gasteiger partial charge in [0.25, 0.3) is 0 Å². The Bertz CT molecular complexity index is 432. The molecule has 1 aromatic carbocycles. The van der Waals surface area contributed by atoms with Gasteiger partial charge < -0.3 is 19.5 Å². The summed E-state index contributed by atoms with van der Waals surface area (Å²) in [5.74, 6) is 1.47. The van der Waals surface area contributed by atoms with E-state index < -0.39 is 0 Å². The highest BCUT2D eigenvalue weighted by Gasteiger charge is 2.18. The van der Waals surface area contributed by atoms with Gasteiger partial charge in [-0.25, -0.2) is 0 Å². The predicted octanol–water partition coefficient (Wildman–Crippen LogP) is 2.70. The molecule has 2 aliphatic rings. The van der Waals surface area contributed by atoms with Gasteiger partial charge in [0.15, 0.2) is 11.5 Å². The zero-order valence-electron chi connectivity index (χ0n) is 10.1. The highest BCUT2D eigenvalue weighted by molar-refractivity contribution is 6.33. The lowest BCUT2D eigenvalue weighted by atomic mass is 10.1. The van der Waals surface area contributed by atoms with Crippen LogP contribution in [0.3, 0.4) is 0 Å². The number of halogens is 1. The van der Waals surface area contributed by atoms with E-state index in [1.54, 1.807) is 0 Å². The van der Waals surface area contributed by atoms with Crippen molar-refractivity contribution in [2.24, 2.45) is 0 Å². The third-order valence-electron chi connectivity index (χ3n) is 3.15. The van der Waals surface area contributed by atoms with Gasteiger partial charge in [0.2, 0.25) is 0 Å². The Hall–Kier alpha value is -1.13. The van der Waals surface area contributed by atoms with Crippen LogP contribution in [0.25, 0.3) is 0 Å².